The molecule has 0 aromatic heterocycles. The van der Waals surface area contributed by atoms with Gasteiger partial charge in [0.25, 0.3) is 11.6 Å². The summed E-state index contributed by atoms with van der Waals surface area (Å²) in [6.45, 7) is 6.75. The minimum absolute atomic E-state index is 0.00964. The number of halogens is 1. The van der Waals surface area contributed by atoms with Crippen LogP contribution in [0, 0.1) is 21.8 Å². The van der Waals surface area contributed by atoms with E-state index in [-0.39, 0.29) is 36.2 Å². The SMILES string of the molecule is C=CCN(C(=O)OCc1ccc([N+](=O)[O-])cc1)C1CCN(C[C@H]2C[C@@H](NC(=O)c3cccc(F)c3)C[C@@H]2c2ccccc2)CC1. The first-order chi connectivity index (χ1) is 21.8. The molecule has 2 aliphatic rings. The van der Waals surface area contributed by atoms with Crippen LogP contribution in [0.5, 0.6) is 0 Å². The normalized spacial score (nSPS) is 20.3. The van der Waals surface area contributed by atoms with Crippen molar-refractivity contribution in [2.45, 2.75) is 50.3 Å². The van der Waals surface area contributed by atoms with Gasteiger partial charge in [-0.2, -0.15) is 0 Å². The number of benzene rings is 3. The third kappa shape index (κ3) is 8.33. The van der Waals surface area contributed by atoms with Gasteiger partial charge in [0.15, 0.2) is 0 Å². The van der Waals surface area contributed by atoms with Gasteiger partial charge in [-0.3, -0.25) is 14.9 Å². The van der Waals surface area contributed by atoms with Gasteiger partial charge >= 0.3 is 6.09 Å². The minimum Gasteiger partial charge on any atom is -0.445 e. The molecule has 1 saturated heterocycles. The average Bonchev–Trinajstić information content (AvgIpc) is 3.45. The first-order valence-electron chi connectivity index (χ1n) is 15.4. The highest BCUT2D eigenvalue weighted by molar-refractivity contribution is 5.94. The summed E-state index contributed by atoms with van der Waals surface area (Å²) >= 11 is 0. The molecule has 0 radical (unpaired) electrons. The van der Waals surface area contributed by atoms with E-state index >= 15 is 0 Å². The summed E-state index contributed by atoms with van der Waals surface area (Å²) in [5, 5.41) is 14.0. The molecule has 9 nitrogen and oxygen atoms in total. The zero-order valence-corrected chi connectivity index (χ0v) is 25.2. The first-order valence-corrected chi connectivity index (χ1v) is 15.4. The molecule has 1 aliphatic heterocycles. The maximum Gasteiger partial charge on any atom is 0.410 e. The lowest BCUT2D eigenvalue weighted by molar-refractivity contribution is -0.384. The van der Waals surface area contributed by atoms with Crippen molar-refractivity contribution >= 4 is 17.7 Å². The van der Waals surface area contributed by atoms with E-state index in [1.165, 1.54) is 29.8 Å². The van der Waals surface area contributed by atoms with Gasteiger partial charge in [-0.1, -0.05) is 42.5 Å². The number of nitrogens with zero attached hydrogens (tertiary/aromatic N) is 3. The summed E-state index contributed by atoms with van der Waals surface area (Å²) in [5.74, 6) is -0.0661. The highest BCUT2D eigenvalue weighted by Crippen LogP contribution is 2.41. The summed E-state index contributed by atoms with van der Waals surface area (Å²) < 4.78 is 19.3. The molecule has 45 heavy (non-hydrogen) atoms. The fourth-order valence-electron chi connectivity index (χ4n) is 6.65. The molecule has 1 saturated carbocycles. The number of nitro groups is 1. The third-order valence-electron chi connectivity index (χ3n) is 8.90. The quantitative estimate of drug-likeness (QED) is 0.154. The number of carbonyl (C=O) groups is 2. The van der Waals surface area contributed by atoms with Crippen LogP contribution in [0.1, 0.15) is 53.1 Å². The summed E-state index contributed by atoms with van der Waals surface area (Å²) in [6.07, 6.45) is 4.51. The molecule has 0 bridgehead atoms. The van der Waals surface area contributed by atoms with Gasteiger partial charge in [0.2, 0.25) is 0 Å². The number of likely N-dealkylation sites (tertiary alicyclic amines) is 1. The van der Waals surface area contributed by atoms with Crippen LogP contribution in [0.3, 0.4) is 0 Å². The van der Waals surface area contributed by atoms with E-state index in [1.54, 1.807) is 35.2 Å². The number of carbonyl (C=O) groups excluding carboxylic acids is 2. The number of nitro benzene ring substituents is 1. The van der Waals surface area contributed by atoms with Crippen LogP contribution < -0.4 is 5.32 Å². The van der Waals surface area contributed by atoms with Gasteiger partial charge < -0.3 is 19.9 Å². The Hall–Kier alpha value is -4.57. The summed E-state index contributed by atoms with van der Waals surface area (Å²) in [6, 6.07) is 22.1. The molecule has 0 unspecified atom stereocenters. The molecule has 1 N–H and O–H groups in total. The third-order valence-corrected chi connectivity index (χ3v) is 8.90. The topological polar surface area (TPSA) is 105 Å². The van der Waals surface area contributed by atoms with E-state index in [1.807, 2.05) is 18.2 Å². The van der Waals surface area contributed by atoms with Gasteiger partial charge in [0.1, 0.15) is 12.4 Å². The molecule has 3 aromatic rings. The summed E-state index contributed by atoms with van der Waals surface area (Å²) in [5.41, 5.74) is 2.25. The zero-order valence-electron chi connectivity index (χ0n) is 25.2. The molecule has 5 rings (SSSR count). The average molecular weight is 615 g/mol. The molecule has 2 fully saturated rings. The number of hydrogen-bond donors (Lipinski definition) is 1. The van der Waals surface area contributed by atoms with Crippen LogP contribution in [0.4, 0.5) is 14.9 Å². The van der Waals surface area contributed by atoms with Crippen molar-refractivity contribution < 1.29 is 23.6 Å². The van der Waals surface area contributed by atoms with E-state index in [9.17, 15) is 24.1 Å². The lowest BCUT2D eigenvalue weighted by atomic mass is 9.88. The van der Waals surface area contributed by atoms with E-state index in [0.717, 1.165) is 45.3 Å². The highest BCUT2D eigenvalue weighted by Gasteiger charge is 2.38. The van der Waals surface area contributed by atoms with Gasteiger partial charge in [-0.05, 0) is 79.0 Å². The Labute approximate surface area is 262 Å². The van der Waals surface area contributed by atoms with Gasteiger partial charge in [0.05, 0.1) is 4.92 Å². The summed E-state index contributed by atoms with van der Waals surface area (Å²) in [4.78, 5) is 40.6. The van der Waals surface area contributed by atoms with E-state index < -0.39 is 16.8 Å². The number of nitrogens with one attached hydrogen (secondary N) is 1. The van der Waals surface area contributed by atoms with Crippen molar-refractivity contribution in [1.82, 2.24) is 15.1 Å². The smallest absolute Gasteiger partial charge is 0.410 e. The van der Waals surface area contributed by atoms with Crippen LogP contribution >= 0.6 is 0 Å². The second kappa shape index (κ2) is 14.9. The molecule has 236 valence electrons. The number of hydrogen-bond acceptors (Lipinski definition) is 6. The fourth-order valence-corrected chi connectivity index (χ4v) is 6.65. The Bertz CT molecular complexity index is 1480. The van der Waals surface area contributed by atoms with Crippen molar-refractivity contribution in [3.63, 3.8) is 0 Å². The molecule has 0 spiro atoms. The lowest BCUT2D eigenvalue weighted by Crippen LogP contribution is -2.48. The molecule has 1 heterocycles. The Morgan fingerprint density at radius 1 is 1.04 bits per heavy atom. The Kier molecular flexibility index (Phi) is 10.6. The molecule has 2 amide bonds. The lowest BCUT2D eigenvalue weighted by Gasteiger charge is -2.39. The molecular weight excluding hydrogens is 575 g/mol. The van der Waals surface area contributed by atoms with Gasteiger partial charge in [-0.25, -0.2) is 9.18 Å². The second-order valence-corrected chi connectivity index (χ2v) is 11.9. The predicted octanol–water partition coefficient (Wildman–Crippen LogP) is 6.32. The Morgan fingerprint density at radius 3 is 2.44 bits per heavy atom. The van der Waals surface area contributed by atoms with Crippen molar-refractivity contribution in [1.29, 1.82) is 0 Å². The number of non-ortho nitro benzene ring substituents is 1. The van der Waals surface area contributed by atoms with E-state index in [2.05, 4.69) is 28.9 Å². The van der Waals surface area contributed by atoms with Crippen LogP contribution in [-0.4, -0.2) is 65.0 Å². The number of piperidine rings is 1. The van der Waals surface area contributed by atoms with Crippen molar-refractivity contribution in [2.24, 2.45) is 5.92 Å². The molecule has 3 aromatic carbocycles. The fraction of sp³-hybridized carbons (Fsp3) is 0.371. The van der Waals surface area contributed by atoms with Gasteiger partial charge in [0, 0.05) is 56.0 Å². The Balaban J connectivity index is 1.17. The van der Waals surface area contributed by atoms with Crippen LogP contribution in [-0.2, 0) is 11.3 Å². The van der Waals surface area contributed by atoms with Crippen molar-refractivity contribution in [3.8, 4) is 0 Å². The first kappa shape index (κ1) is 31.8. The largest absolute Gasteiger partial charge is 0.445 e. The Morgan fingerprint density at radius 2 is 1.78 bits per heavy atom. The maximum atomic E-state index is 13.7. The molecular formula is C35H39FN4O5. The molecule has 3 atom stereocenters. The van der Waals surface area contributed by atoms with Crippen LogP contribution in [0.15, 0.2) is 91.5 Å². The molecule has 1 aliphatic carbocycles. The highest BCUT2D eigenvalue weighted by atomic mass is 19.1. The number of amides is 2. The van der Waals surface area contributed by atoms with Crippen molar-refractivity contribution in [2.75, 3.05) is 26.2 Å². The van der Waals surface area contributed by atoms with E-state index in [0.29, 0.717) is 23.6 Å². The summed E-state index contributed by atoms with van der Waals surface area (Å²) in [7, 11) is 0. The predicted molar refractivity (Wildman–Crippen MR) is 169 cm³/mol. The zero-order chi connectivity index (χ0) is 31.8. The number of rotatable bonds is 11. The molecule has 10 heteroatoms. The maximum absolute atomic E-state index is 13.7. The standard InChI is InChI=1S/C35H39FN4O5/c1-2-17-39(35(42)45-24-25-11-13-32(14-12-25)40(43)44)31-15-18-38(19-16-31)23-28-21-30(22-33(28)26-7-4-3-5-8-26)37-34(41)27-9-6-10-29(36)20-27/h2-14,20,28,30-31,33H,1,15-19,21-24H2,(H,37,41)/t28-,30-,33-/m1/s1. The monoisotopic (exact) mass is 614 g/mol. The van der Waals surface area contributed by atoms with Gasteiger partial charge in [-0.15, -0.1) is 6.58 Å². The number of ether oxygens (including phenoxy) is 1. The van der Waals surface area contributed by atoms with Crippen molar-refractivity contribution in [3.05, 3.63) is 124 Å². The van der Waals surface area contributed by atoms with Crippen LogP contribution in [0.2, 0.25) is 0 Å². The van der Waals surface area contributed by atoms with E-state index in [4.69, 9.17) is 4.74 Å². The second-order valence-electron chi connectivity index (χ2n) is 11.9. The van der Waals surface area contributed by atoms with Crippen LogP contribution in [0.25, 0.3) is 0 Å². The minimum atomic E-state index is -0.464.